The second-order valence-corrected chi connectivity index (χ2v) is 4.08. The van der Waals surface area contributed by atoms with Crippen LogP contribution in [-0.4, -0.2) is 15.7 Å². The van der Waals surface area contributed by atoms with Crippen molar-refractivity contribution in [1.82, 2.24) is 9.55 Å². The summed E-state index contributed by atoms with van der Waals surface area (Å²) in [5, 5.41) is 0. The quantitative estimate of drug-likeness (QED) is 0.621. The van der Waals surface area contributed by atoms with Crippen molar-refractivity contribution in [2.75, 3.05) is 0 Å². The van der Waals surface area contributed by atoms with E-state index in [1.807, 2.05) is 12.5 Å². The first kappa shape index (κ1) is 6.63. The van der Waals surface area contributed by atoms with Gasteiger partial charge in [0, 0.05) is 24.4 Å². The molecule has 64 valence electrons. The molecule has 0 N–H and O–H groups in total. The number of alkyl halides is 1. The summed E-state index contributed by atoms with van der Waals surface area (Å²) < 4.78 is 15.2. The van der Waals surface area contributed by atoms with Gasteiger partial charge in [0.2, 0.25) is 0 Å². The van der Waals surface area contributed by atoms with Crippen LogP contribution in [0, 0.1) is 5.92 Å². The summed E-state index contributed by atoms with van der Waals surface area (Å²) in [7, 11) is 0. The summed E-state index contributed by atoms with van der Waals surface area (Å²) in [4.78, 5) is 4.00. The van der Waals surface area contributed by atoms with Gasteiger partial charge in [0.15, 0.2) is 0 Å². The normalized spacial score (nSPS) is 44.4. The third-order valence-electron chi connectivity index (χ3n) is 3.42. The first-order chi connectivity index (χ1) is 5.80. The van der Waals surface area contributed by atoms with Crippen LogP contribution in [-0.2, 0) is 5.54 Å². The van der Waals surface area contributed by atoms with E-state index in [-0.39, 0.29) is 5.54 Å². The van der Waals surface area contributed by atoms with E-state index in [0.29, 0.717) is 12.3 Å². The molecule has 3 aliphatic rings. The van der Waals surface area contributed by atoms with Crippen LogP contribution in [0.25, 0.3) is 0 Å². The molecule has 4 rings (SSSR count). The molecule has 3 saturated carbocycles. The Morgan fingerprint density at radius 2 is 2.25 bits per heavy atom. The summed E-state index contributed by atoms with van der Waals surface area (Å²) in [6.07, 6.45) is 7.71. The number of nitrogens with zero attached hydrogens (tertiary/aromatic N) is 2. The molecule has 1 aromatic heterocycles. The Kier molecular flexibility index (Phi) is 1.05. The van der Waals surface area contributed by atoms with Gasteiger partial charge in [-0.2, -0.15) is 0 Å². The Morgan fingerprint density at radius 3 is 2.75 bits per heavy atom. The number of aromatic nitrogens is 2. The monoisotopic (exact) mass is 166 g/mol. The highest BCUT2D eigenvalue weighted by atomic mass is 19.1. The molecule has 0 saturated heterocycles. The molecule has 3 fully saturated rings. The molecule has 0 radical (unpaired) electrons. The second kappa shape index (κ2) is 1.90. The Labute approximate surface area is 70.4 Å². The van der Waals surface area contributed by atoms with Gasteiger partial charge >= 0.3 is 0 Å². The molecular formula is C9H11FN2. The zero-order valence-corrected chi connectivity index (χ0v) is 6.78. The Balaban J connectivity index is 1.96. The van der Waals surface area contributed by atoms with E-state index in [0.717, 1.165) is 12.8 Å². The highest BCUT2D eigenvalue weighted by molar-refractivity contribution is 5.11. The minimum absolute atomic E-state index is 0.112. The van der Waals surface area contributed by atoms with E-state index in [1.165, 1.54) is 0 Å². The van der Waals surface area contributed by atoms with Crippen molar-refractivity contribution < 1.29 is 4.39 Å². The standard InChI is InChI=1S/C9H11FN2/c10-8-5-9(3-7(8)4-9)12-2-1-11-6-12/h1-2,6-8H,3-5H2. The minimum Gasteiger partial charge on any atom is -0.331 e. The molecule has 1 atom stereocenters. The maximum absolute atomic E-state index is 13.2. The van der Waals surface area contributed by atoms with Crippen LogP contribution >= 0.6 is 0 Å². The van der Waals surface area contributed by atoms with Crippen LogP contribution in [0.5, 0.6) is 0 Å². The predicted molar refractivity (Wildman–Crippen MR) is 42.4 cm³/mol. The molecule has 0 aliphatic heterocycles. The van der Waals surface area contributed by atoms with Gasteiger partial charge in [0.05, 0.1) is 6.33 Å². The lowest BCUT2D eigenvalue weighted by Crippen LogP contribution is -2.37. The van der Waals surface area contributed by atoms with Crippen LogP contribution in [0.2, 0.25) is 0 Å². The van der Waals surface area contributed by atoms with Crippen LogP contribution in [0.4, 0.5) is 4.39 Å². The maximum Gasteiger partial charge on any atom is 0.105 e. The largest absolute Gasteiger partial charge is 0.331 e. The molecule has 2 bridgehead atoms. The van der Waals surface area contributed by atoms with E-state index in [2.05, 4.69) is 9.55 Å². The van der Waals surface area contributed by atoms with Gasteiger partial charge < -0.3 is 4.57 Å². The lowest BCUT2D eigenvalue weighted by molar-refractivity contribution is 0.140. The lowest BCUT2D eigenvalue weighted by Gasteiger charge is -2.39. The predicted octanol–water partition coefficient (Wildman–Crippen LogP) is 1.73. The molecule has 0 aromatic carbocycles. The SMILES string of the molecule is FC1CC2(n3ccnc3)CC1C2. The van der Waals surface area contributed by atoms with E-state index in [4.69, 9.17) is 0 Å². The first-order valence-electron chi connectivity index (χ1n) is 4.43. The van der Waals surface area contributed by atoms with Crippen molar-refractivity contribution in [3.63, 3.8) is 0 Å². The fourth-order valence-corrected chi connectivity index (χ4v) is 2.72. The number of hydrogen-bond donors (Lipinski definition) is 0. The fraction of sp³-hybridized carbons (Fsp3) is 0.667. The number of hydrogen-bond acceptors (Lipinski definition) is 1. The Hall–Kier alpha value is -0.860. The van der Waals surface area contributed by atoms with E-state index in [1.54, 1.807) is 6.20 Å². The van der Waals surface area contributed by atoms with Crippen molar-refractivity contribution in [3.05, 3.63) is 18.7 Å². The molecule has 1 aromatic rings. The minimum atomic E-state index is -0.563. The van der Waals surface area contributed by atoms with Crippen molar-refractivity contribution >= 4 is 0 Å². The molecule has 3 heteroatoms. The molecular weight excluding hydrogens is 155 g/mol. The fourth-order valence-electron chi connectivity index (χ4n) is 2.72. The summed E-state index contributed by atoms with van der Waals surface area (Å²) in [6.45, 7) is 0. The molecule has 3 aliphatic carbocycles. The summed E-state index contributed by atoms with van der Waals surface area (Å²) >= 11 is 0. The zero-order chi connectivity index (χ0) is 8.18. The number of fused-ring (bicyclic) bond motifs is 1. The van der Waals surface area contributed by atoms with Gasteiger partial charge in [-0.3, -0.25) is 0 Å². The highest BCUT2D eigenvalue weighted by Gasteiger charge is 2.57. The summed E-state index contributed by atoms with van der Waals surface area (Å²) in [5.41, 5.74) is 0.112. The summed E-state index contributed by atoms with van der Waals surface area (Å²) in [6, 6.07) is 0. The van der Waals surface area contributed by atoms with Crippen LogP contribution < -0.4 is 0 Å². The Bertz CT molecular complexity index is 287. The highest BCUT2D eigenvalue weighted by Crippen LogP contribution is 2.57. The van der Waals surface area contributed by atoms with Gasteiger partial charge in [0.1, 0.15) is 6.17 Å². The molecule has 12 heavy (non-hydrogen) atoms. The van der Waals surface area contributed by atoms with Crippen molar-refractivity contribution in [3.8, 4) is 0 Å². The molecule has 1 unspecified atom stereocenters. The third kappa shape index (κ3) is 0.625. The van der Waals surface area contributed by atoms with Crippen LogP contribution in [0.1, 0.15) is 19.3 Å². The van der Waals surface area contributed by atoms with Gasteiger partial charge in [0.25, 0.3) is 0 Å². The van der Waals surface area contributed by atoms with Crippen LogP contribution in [0.3, 0.4) is 0 Å². The van der Waals surface area contributed by atoms with E-state index >= 15 is 0 Å². The Morgan fingerprint density at radius 1 is 1.42 bits per heavy atom. The number of rotatable bonds is 1. The van der Waals surface area contributed by atoms with Crippen LogP contribution in [0.15, 0.2) is 18.7 Å². The van der Waals surface area contributed by atoms with Crippen molar-refractivity contribution in [2.24, 2.45) is 5.92 Å². The number of halogens is 1. The molecule has 2 nitrogen and oxygen atoms in total. The van der Waals surface area contributed by atoms with Gasteiger partial charge in [-0.25, -0.2) is 9.37 Å². The summed E-state index contributed by atoms with van der Waals surface area (Å²) in [5.74, 6) is 0.340. The average Bonchev–Trinajstić information content (AvgIpc) is 2.54. The van der Waals surface area contributed by atoms with Crippen molar-refractivity contribution in [2.45, 2.75) is 31.0 Å². The van der Waals surface area contributed by atoms with Crippen molar-refractivity contribution in [1.29, 1.82) is 0 Å². The third-order valence-corrected chi connectivity index (χ3v) is 3.42. The zero-order valence-electron chi connectivity index (χ0n) is 6.78. The molecule has 0 spiro atoms. The number of imidazole rings is 1. The topological polar surface area (TPSA) is 17.8 Å². The van der Waals surface area contributed by atoms with Gasteiger partial charge in [-0.15, -0.1) is 0 Å². The second-order valence-electron chi connectivity index (χ2n) is 4.08. The van der Waals surface area contributed by atoms with Gasteiger partial charge in [-0.1, -0.05) is 0 Å². The molecule has 1 heterocycles. The van der Waals surface area contributed by atoms with Gasteiger partial charge in [-0.05, 0) is 18.8 Å². The lowest BCUT2D eigenvalue weighted by atomic mass is 9.77. The average molecular weight is 166 g/mol. The smallest absolute Gasteiger partial charge is 0.105 e. The molecule has 0 amide bonds. The van der Waals surface area contributed by atoms with E-state index < -0.39 is 6.17 Å². The first-order valence-corrected chi connectivity index (χ1v) is 4.43. The maximum atomic E-state index is 13.2. The van der Waals surface area contributed by atoms with E-state index in [9.17, 15) is 4.39 Å².